The highest BCUT2D eigenvalue weighted by atomic mass is 16.4. The zero-order chi connectivity index (χ0) is 9.56. The Labute approximate surface area is 68.8 Å². The molecule has 0 aliphatic carbocycles. The van der Waals surface area contributed by atoms with E-state index >= 15 is 0 Å². The number of azide groups is 1. The minimum atomic E-state index is -1.20. The van der Waals surface area contributed by atoms with Crippen LogP contribution < -0.4 is 0 Å². The van der Waals surface area contributed by atoms with Crippen LogP contribution in [0.3, 0.4) is 0 Å². The average Bonchev–Trinajstić information content (AvgIpc) is 1.96. The Balaban J connectivity index is 4.05. The van der Waals surface area contributed by atoms with Gasteiger partial charge < -0.3 is 9.90 Å². The number of ketones is 1. The van der Waals surface area contributed by atoms with Crippen LogP contribution in [0, 0.1) is 0 Å². The average molecular weight is 171 g/mol. The highest BCUT2D eigenvalue weighted by Gasteiger charge is 2.15. The lowest BCUT2D eigenvalue weighted by Gasteiger charge is -2.01. The number of rotatable bonds is 5. The van der Waals surface area contributed by atoms with Gasteiger partial charge in [-0.3, -0.25) is 4.79 Å². The molecule has 0 heterocycles. The van der Waals surface area contributed by atoms with E-state index in [9.17, 15) is 9.59 Å². The second kappa shape index (κ2) is 5.15. The summed E-state index contributed by atoms with van der Waals surface area (Å²) in [6, 6.07) is -1.13. The van der Waals surface area contributed by atoms with Gasteiger partial charge in [-0.1, -0.05) is 5.11 Å². The van der Waals surface area contributed by atoms with Gasteiger partial charge in [0.25, 0.3) is 0 Å². The number of nitrogens with zero attached hydrogens (tertiary/aromatic N) is 3. The first-order chi connectivity index (χ1) is 5.57. The third-order valence-corrected chi connectivity index (χ3v) is 1.25. The first-order valence-corrected chi connectivity index (χ1v) is 3.34. The highest BCUT2D eigenvalue weighted by molar-refractivity contribution is 5.78. The number of hydrogen-bond donors (Lipinski definition) is 1. The van der Waals surface area contributed by atoms with Crippen LogP contribution in [0.1, 0.15) is 19.8 Å². The molecule has 0 bridgehead atoms. The van der Waals surface area contributed by atoms with E-state index in [0.29, 0.717) is 0 Å². The normalized spacial score (nSPS) is 11.4. The van der Waals surface area contributed by atoms with Crippen molar-refractivity contribution < 1.29 is 14.7 Å². The van der Waals surface area contributed by atoms with Crippen LogP contribution in [0.2, 0.25) is 0 Å². The molecule has 1 atom stereocenters. The highest BCUT2D eigenvalue weighted by Crippen LogP contribution is 2.03. The minimum Gasteiger partial charge on any atom is -0.481 e. The van der Waals surface area contributed by atoms with Gasteiger partial charge in [0.15, 0.2) is 0 Å². The Morgan fingerprint density at radius 2 is 2.25 bits per heavy atom. The van der Waals surface area contributed by atoms with Crippen molar-refractivity contribution in [1.29, 1.82) is 0 Å². The molecule has 0 aromatic rings. The number of carboxylic acid groups (broad SMARTS) is 1. The molecule has 0 radical (unpaired) electrons. The SMILES string of the molecule is CC(=O)CC[C@H](N=[N+]=[N-])C(=O)O. The van der Waals surface area contributed by atoms with Crippen molar-refractivity contribution in [1.82, 2.24) is 0 Å². The zero-order valence-corrected chi connectivity index (χ0v) is 6.60. The van der Waals surface area contributed by atoms with E-state index in [1.54, 1.807) is 0 Å². The van der Waals surface area contributed by atoms with Gasteiger partial charge in [0.1, 0.15) is 11.8 Å². The Morgan fingerprint density at radius 1 is 1.67 bits per heavy atom. The molecule has 0 rings (SSSR count). The van der Waals surface area contributed by atoms with Gasteiger partial charge in [-0.15, -0.1) is 0 Å². The van der Waals surface area contributed by atoms with Gasteiger partial charge >= 0.3 is 5.97 Å². The third kappa shape index (κ3) is 4.29. The van der Waals surface area contributed by atoms with E-state index in [-0.39, 0.29) is 18.6 Å². The molecule has 6 heteroatoms. The number of carboxylic acids is 1. The summed E-state index contributed by atoms with van der Waals surface area (Å²) in [4.78, 5) is 23.1. The molecule has 66 valence electrons. The summed E-state index contributed by atoms with van der Waals surface area (Å²) in [5.74, 6) is -1.32. The Bertz CT molecular complexity index is 230. The van der Waals surface area contributed by atoms with Gasteiger partial charge in [0.05, 0.1) is 0 Å². The topological polar surface area (TPSA) is 103 Å². The van der Waals surface area contributed by atoms with Crippen molar-refractivity contribution in [3.63, 3.8) is 0 Å². The molecule has 0 aromatic carbocycles. The van der Waals surface area contributed by atoms with Crippen LogP contribution in [0.4, 0.5) is 0 Å². The summed E-state index contributed by atoms with van der Waals surface area (Å²) in [6.45, 7) is 1.36. The van der Waals surface area contributed by atoms with Gasteiger partial charge in [0, 0.05) is 11.3 Å². The number of Topliss-reactive ketones (excluding diaryl/α,β-unsaturated/α-hetero) is 1. The lowest BCUT2D eigenvalue weighted by molar-refractivity contribution is -0.138. The Morgan fingerprint density at radius 3 is 2.58 bits per heavy atom. The monoisotopic (exact) mass is 171 g/mol. The fourth-order valence-electron chi connectivity index (χ4n) is 0.633. The Kier molecular flexibility index (Phi) is 4.48. The molecule has 0 spiro atoms. The molecule has 0 aromatic heterocycles. The maximum Gasteiger partial charge on any atom is 0.312 e. The van der Waals surface area contributed by atoms with Crippen LogP contribution in [0.15, 0.2) is 5.11 Å². The van der Waals surface area contributed by atoms with E-state index in [1.165, 1.54) is 6.92 Å². The van der Waals surface area contributed by atoms with Crippen LogP contribution in [0.5, 0.6) is 0 Å². The van der Waals surface area contributed by atoms with Crippen LogP contribution in [-0.2, 0) is 9.59 Å². The summed E-state index contributed by atoms with van der Waals surface area (Å²) in [5.41, 5.74) is 7.96. The summed E-state index contributed by atoms with van der Waals surface area (Å²) in [6.07, 6.45) is 0.185. The third-order valence-electron chi connectivity index (χ3n) is 1.25. The lowest BCUT2D eigenvalue weighted by atomic mass is 10.1. The van der Waals surface area contributed by atoms with Crippen molar-refractivity contribution in [2.75, 3.05) is 0 Å². The summed E-state index contributed by atoms with van der Waals surface area (Å²) in [5, 5.41) is 11.5. The summed E-state index contributed by atoms with van der Waals surface area (Å²) < 4.78 is 0. The van der Waals surface area contributed by atoms with Crippen molar-refractivity contribution in [2.24, 2.45) is 5.11 Å². The molecule has 0 aliphatic rings. The summed E-state index contributed by atoms with van der Waals surface area (Å²) >= 11 is 0. The van der Waals surface area contributed by atoms with Gasteiger partial charge in [-0.05, 0) is 18.9 Å². The molecule has 0 amide bonds. The first-order valence-electron chi connectivity index (χ1n) is 3.34. The quantitative estimate of drug-likeness (QED) is 0.380. The minimum absolute atomic E-state index is 0.0642. The molecule has 6 nitrogen and oxygen atoms in total. The maximum absolute atomic E-state index is 10.4. The number of carbonyl (C=O) groups is 2. The van der Waals surface area contributed by atoms with Gasteiger partial charge in [-0.2, -0.15) is 0 Å². The Hall–Kier alpha value is -1.55. The molecule has 1 N–H and O–H groups in total. The molecule has 0 fully saturated rings. The van der Waals surface area contributed by atoms with Crippen molar-refractivity contribution >= 4 is 11.8 Å². The largest absolute Gasteiger partial charge is 0.481 e. The lowest BCUT2D eigenvalue weighted by Crippen LogP contribution is -2.17. The van der Waals surface area contributed by atoms with E-state index < -0.39 is 12.0 Å². The van der Waals surface area contributed by atoms with E-state index in [4.69, 9.17) is 10.6 Å². The van der Waals surface area contributed by atoms with E-state index in [0.717, 1.165) is 0 Å². The molecular formula is C6H9N3O3. The van der Waals surface area contributed by atoms with Crippen molar-refractivity contribution in [3.05, 3.63) is 10.4 Å². The van der Waals surface area contributed by atoms with Crippen molar-refractivity contribution in [2.45, 2.75) is 25.8 Å². The predicted octanol–water partition coefficient (Wildman–Crippen LogP) is 1.12. The molecule has 12 heavy (non-hydrogen) atoms. The molecule has 0 unspecified atom stereocenters. The van der Waals surface area contributed by atoms with Crippen molar-refractivity contribution in [3.8, 4) is 0 Å². The molecule has 0 aliphatic heterocycles. The zero-order valence-electron chi connectivity index (χ0n) is 6.60. The molecule has 0 saturated heterocycles. The van der Waals surface area contributed by atoms with Gasteiger partial charge in [0.2, 0.25) is 0 Å². The standard InChI is InChI=1S/C6H9N3O3/c1-4(10)2-3-5(6(11)12)8-9-7/h5H,2-3H2,1H3,(H,11,12)/t5-/m0/s1. The predicted molar refractivity (Wildman–Crippen MR) is 40.5 cm³/mol. The van der Waals surface area contributed by atoms with Crippen LogP contribution >= 0.6 is 0 Å². The fraction of sp³-hybridized carbons (Fsp3) is 0.667. The van der Waals surface area contributed by atoms with Crippen LogP contribution in [0.25, 0.3) is 10.4 Å². The number of aliphatic carboxylic acids is 1. The second-order valence-electron chi connectivity index (χ2n) is 2.30. The molecule has 0 saturated carbocycles. The smallest absolute Gasteiger partial charge is 0.312 e. The van der Waals surface area contributed by atoms with E-state index in [2.05, 4.69) is 10.0 Å². The van der Waals surface area contributed by atoms with Crippen LogP contribution in [-0.4, -0.2) is 22.9 Å². The first kappa shape index (κ1) is 10.4. The number of carbonyl (C=O) groups excluding carboxylic acids is 1. The molecular weight excluding hydrogens is 162 g/mol. The maximum atomic E-state index is 10.4. The number of hydrogen-bond acceptors (Lipinski definition) is 3. The second-order valence-corrected chi connectivity index (χ2v) is 2.30. The van der Waals surface area contributed by atoms with E-state index in [1.807, 2.05) is 0 Å². The van der Waals surface area contributed by atoms with Gasteiger partial charge in [-0.25, -0.2) is 0 Å². The fourth-order valence-corrected chi connectivity index (χ4v) is 0.633. The summed E-state index contributed by atoms with van der Waals surface area (Å²) in [7, 11) is 0.